The molecule has 1 aliphatic heterocycles. The summed E-state index contributed by atoms with van der Waals surface area (Å²) in [6.07, 6.45) is 15.0. The van der Waals surface area contributed by atoms with Crippen LogP contribution in [0.1, 0.15) is 57.4 Å². The fourth-order valence-corrected chi connectivity index (χ4v) is 3.16. The molecule has 0 saturated carbocycles. The van der Waals surface area contributed by atoms with E-state index in [1.165, 1.54) is 63.6 Å². The Hall–Kier alpha value is -1.64. The average Bonchev–Trinajstić information content (AvgIpc) is 3.07. The summed E-state index contributed by atoms with van der Waals surface area (Å²) >= 11 is 0. The molecule has 3 heteroatoms. The van der Waals surface area contributed by atoms with Crippen LogP contribution in [0.2, 0.25) is 0 Å². The van der Waals surface area contributed by atoms with Crippen molar-refractivity contribution < 1.29 is 4.74 Å². The highest BCUT2D eigenvalue weighted by molar-refractivity contribution is 5.27. The molecule has 0 aliphatic carbocycles. The number of aryl methyl sites for hydroxylation is 1. The van der Waals surface area contributed by atoms with Gasteiger partial charge < -0.3 is 14.5 Å². The van der Waals surface area contributed by atoms with Gasteiger partial charge in [-0.15, -0.1) is 0 Å². The maximum atomic E-state index is 5.20. The lowest BCUT2D eigenvalue weighted by atomic mass is 10.1. The molecule has 24 heavy (non-hydrogen) atoms. The monoisotopic (exact) mass is 330 g/mol. The second kappa shape index (κ2) is 11.0. The summed E-state index contributed by atoms with van der Waals surface area (Å²) in [7, 11) is 1.72. The summed E-state index contributed by atoms with van der Waals surface area (Å²) < 4.78 is 5.20. The number of rotatable bonds is 12. The molecular formula is C21H34N2O. The van der Waals surface area contributed by atoms with E-state index in [0.717, 1.165) is 18.8 Å². The lowest BCUT2D eigenvalue weighted by Gasteiger charge is -2.21. The molecule has 0 bridgehead atoms. The quantitative estimate of drug-likeness (QED) is 0.500. The standard InChI is InChI=1S/C21H34N2O/c1-3-4-5-6-8-15-22-17-18-23(19-22)16-9-7-10-20-11-13-21(24-2)14-12-20/h11-14,17-18H,3-10,15-16,19H2,1-2H3. The van der Waals surface area contributed by atoms with Crippen LogP contribution in [-0.2, 0) is 6.42 Å². The molecule has 3 nitrogen and oxygen atoms in total. The molecule has 0 spiro atoms. The molecule has 0 saturated heterocycles. The second-order valence-corrected chi connectivity index (χ2v) is 6.78. The molecule has 1 aliphatic rings. The summed E-state index contributed by atoms with van der Waals surface area (Å²) in [4.78, 5) is 4.90. The Bertz CT molecular complexity index is 469. The first-order valence-corrected chi connectivity index (χ1v) is 9.61. The first-order valence-electron chi connectivity index (χ1n) is 9.61. The van der Waals surface area contributed by atoms with E-state index in [-0.39, 0.29) is 0 Å². The van der Waals surface area contributed by atoms with E-state index in [4.69, 9.17) is 4.74 Å². The van der Waals surface area contributed by atoms with Crippen molar-refractivity contribution >= 4 is 0 Å². The molecule has 0 fully saturated rings. The topological polar surface area (TPSA) is 15.7 Å². The molecule has 0 atom stereocenters. The van der Waals surface area contributed by atoms with E-state index in [9.17, 15) is 0 Å². The van der Waals surface area contributed by atoms with Crippen LogP contribution in [-0.4, -0.2) is 36.7 Å². The van der Waals surface area contributed by atoms with Crippen LogP contribution >= 0.6 is 0 Å². The van der Waals surface area contributed by atoms with Crippen molar-refractivity contribution in [2.24, 2.45) is 0 Å². The summed E-state index contributed by atoms with van der Waals surface area (Å²) in [6.45, 7) is 5.73. The minimum absolute atomic E-state index is 0.940. The highest BCUT2D eigenvalue weighted by Gasteiger charge is 2.10. The zero-order valence-electron chi connectivity index (χ0n) is 15.5. The van der Waals surface area contributed by atoms with Crippen molar-refractivity contribution in [1.29, 1.82) is 0 Å². The van der Waals surface area contributed by atoms with Gasteiger partial charge in [-0.05, 0) is 43.4 Å². The van der Waals surface area contributed by atoms with Gasteiger partial charge in [-0.1, -0.05) is 44.7 Å². The first-order chi connectivity index (χ1) is 11.8. The van der Waals surface area contributed by atoms with Crippen LogP contribution in [0.25, 0.3) is 0 Å². The van der Waals surface area contributed by atoms with Gasteiger partial charge >= 0.3 is 0 Å². The van der Waals surface area contributed by atoms with E-state index in [1.54, 1.807) is 7.11 Å². The highest BCUT2D eigenvalue weighted by atomic mass is 16.5. The zero-order chi connectivity index (χ0) is 17.0. The maximum absolute atomic E-state index is 5.20. The van der Waals surface area contributed by atoms with Crippen LogP contribution in [0.5, 0.6) is 5.75 Å². The SMILES string of the molecule is CCCCCCCN1C=CN(CCCCc2ccc(OC)cc2)C1. The Labute approximate surface area is 148 Å². The van der Waals surface area contributed by atoms with Crippen LogP contribution < -0.4 is 4.74 Å². The van der Waals surface area contributed by atoms with E-state index >= 15 is 0 Å². The van der Waals surface area contributed by atoms with E-state index in [0.29, 0.717) is 0 Å². The molecule has 2 rings (SSSR count). The predicted octanol–water partition coefficient (Wildman–Crippen LogP) is 5.03. The molecule has 0 N–H and O–H groups in total. The van der Waals surface area contributed by atoms with Gasteiger partial charge in [0.15, 0.2) is 0 Å². The fraction of sp³-hybridized carbons (Fsp3) is 0.619. The zero-order valence-corrected chi connectivity index (χ0v) is 15.5. The van der Waals surface area contributed by atoms with Gasteiger partial charge in [0, 0.05) is 25.5 Å². The highest BCUT2D eigenvalue weighted by Crippen LogP contribution is 2.14. The summed E-state index contributed by atoms with van der Waals surface area (Å²) in [6, 6.07) is 8.46. The minimum Gasteiger partial charge on any atom is -0.497 e. The van der Waals surface area contributed by atoms with Crippen LogP contribution in [0.3, 0.4) is 0 Å². The van der Waals surface area contributed by atoms with Crippen molar-refractivity contribution in [3.8, 4) is 5.75 Å². The summed E-state index contributed by atoms with van der Waals surface area (Å²) in [5.74, 6) is 0.940. The van der Waals surface area contributed by atoms with Crippen molar-refractivity contribution in [3.63, 3.8) is 0 Å². The van der Waals surface area contributed by atoms with Gasteiger partial charge in [0.2, 0.25) is 0 Å². The number of benzene rings is 1. The molecule has 134 valence electrons. The van der Waals surface area contributed by atoms with E-state index < -0.39 is 0 Å². The molecule has 1 aromatic rings. The van der Waals surface area contributed by atoms with Crippen LogP contribution in [0.4, 0.5) is 0 Å². The van der Waals surface area contributed by atoms with Gasteiger partial charge in [-0.3, -0.25) is 0 Å². The summed E-state index contributed by atoms with van der Waals surface area (Å²) in [5, 5.41) is 0. The van der Waals surface area contributed by atoms with Crippen molar-refractivity contribution in [2.75, 3.05) is 26.9 Å². The lowest BCUT2D eigenvalue weighted by Crippen LogP contribution is -2.26. The van der Waals surface area contributed by atoms with Gasteiger partial charge in [-0.25, -0.2) is 0 Å². The Morgan fingerprint density at radius 3 is 2.08 bits per heavy atom. The van der Waals surface area contributed by atoms with Crippen LogP contribution in [0, 0.1) is 0 Å². The molecule has 1 aromatic carbocycles. The molecular weight excluding hydrogens is 296 g/mol. The van der Waals surface area contributed by atoms with Gasteiger partial charge in [0.05, 0.1) is 13.8 Å². The molecule has 0 aromatic heterocycles. The Kier molecular flexibility index (Phi) is 8.58. The Morgan fingerprint density at radius 1 is 0.833 bits per heavy atom. The third kappa shape index (κ3) is 6.86. The average molecular weight is 331 g/mol. The first kappa shape index (κ1) is 18.7. The van der Waals surface area contributed by atoms with Crippen molar-refractivity contribution in [3.05, 3.63) is 42.2 Å². The minimum atomic E-state index is 0.940. The van der Waals surface area contributed by atoms with Crippen molar-refractivity contribution in [1.82, 2.24) is 9.80 Å². The number of methoxy groups -OCH3 is 1. The molecule has 0 radical (unpaired) electrons. The van der Waals surface area contributed by atoms with E-state index in [1.807, 2.05) is 0 Å². The van der Waals surface area contributed by atoms with Crippen molar-refractivity contribution in [2.45, 2.75) is 58.3 Å². The number of ether oxygens (including phenoxy) is 1. The lowest BCUT2D eigenvalue weighted by molar-refractivity contribution is 0.258. The number of nitrogens with zero attached hydrogens (tertiary/aromatic N) is 2. The molecule has 0 unspecified atom stereocenters. The predicted molar refractivity (Wildman–Crippen MR) is 102 cm³/mol. The smallest absolute Gasteiger partial charge is 0.118 e. The van der Waals surface area contributed by atoms with Gasteiger partial charge in [0.25, 0.3) is 0 Å². The normalized spacial score (nSPS) is 13.8. The third-order valence-electron chi connectivity index (χ3n) is 4.72. The Morgan fingerprint density at radius 2 is 1.46 bits per heavy atom. The third-order valence-corrected chi connectivity index (χ3v) is 4.72. The van der Waals surface area contributed by atoms with E-state index in [2.05, 4.69) is 53.4 Å². The van der Waals surface area contributed by atoms with Crippen LogP contribution in [0.15, 0.2) is 36.7 Å². The number of unbranched alkanes of at least 4 members (excludes halogenated alkanes) is 5. The maximum Gasteiger partial charge on any atom is 0.118 e. The number of hydrogen-bond donors (Lipinski definition) is 0. The molecule has 0 amide bonds. The second-order valence-electron chi connectivity index (χ2n) is 6.78. The fourth-order valence-electron chi connectivity index (χ4n) is 3.16. The van der Waals surface area contributed by atoms with Gasteiger partial charge in [0.1, 0.15) is 5.75 Å². The van der Waals surface area contributed by atoms with Gasteiger partial charge in [-0.2, -0.15) is 0 Å². The number of hydrogen-bond acceptors (Lipinski definition) is 3. The summed E-state index contributed by atoms with van der Waals surface area (Å²) in [5.41, 5.74) is 1.40. The largest absolute Gasteiger partial charge is 0.497 e. The molecule has 1 heterocycles. The Balaban J connectivity index is 1.51.